The molecule has 5 N–H and O–H groups in total. The summed E-state index contributed by atoms with van der Waals surface area (Å²) in [6.45, 7) is 2.72. The third kappa shape index (κ3) is 6.95. The Hall–Kier alpha value is -0.630. The smallest absolute Gasteiger partial charge is 0.0868 e. The number of aliphatic hydroxyl groups is 1. The molecule has 0 radical (unpaired) electrons. The summed E-state index contributed by atoms with van der Waals surface area (Å²) in [7, 11) is 1.86. The molecule has 0 rings (SSSR count). The molecule has 0 aromatic rings. The van der Waals surface area contributed by atoms with Crippen molar-refractivity contribution in [3.05, 3.63) is 21.7 Å². The van der Waals surface area contributed by atoms with Crippen molar-refractivity contribution in [3.63, 3.8) is 0 Å². The van der Waals surface area contributed by atoms with Crippen LogP contribution < -0.4 is 16.4 Å². The summed E-state index contributed by atoms with van der Waals surface area (Å²) in [6, 6.07) is 0. The van der Waals surface area contributed by atoms with Crippen LogP contribution in [-0.2, 0) is 0 Å². The number of aliphatic hydroxyl groups excluding tert-OH is 1. The van der Waals surface area contributed by atoms with E-state index in [0.29, 0.717) is 18.8 Å². The van der Waals surface area contributed by atoms with Gasteiger partial charge in [0, 0.05) is 31.8 Å². The minimum absolute atomic E-state index is 0.152. The number of rotatable bonds is 9. The predicted molar refractivity (Wildman–Crippen MR) is 83.7 cm³/mol. The van der Waals surface area contributed by atoms with Crippen molar-refractivity contribution in [1.82, 2.24) is 10.6 Å². The fourth-order valence-corrected chi connectivity index (χ4v) is 2.14. The summed E-state index contributed by atoms with van der Waals surface area (Å²) < 4.78 is 0. The number of nitrogens with two attached hydrogens (primary N) is 1. The van der Waals surface area contributed by atoms with Crippen LogP contribution in [0, 0.1) is 0 Å². The zero-order chi connectivity index (χ0) is 13.8. The number of nitrogens with one attached hydrogen (secondary N) is 2. The van der Waals surface area contributed by atoms with Crippen LogP contribution in [0.3, 0.4) is 0 Å². The monoisotopic (exact) mass is 290 g/mol. The van der Waals surface area contributed by atoms with Crippen molar-refractivity contribution >= 4 is 30.7 Å². The van der Waals surface area contributed by atoms with Gasteiger partial charge in [-0.05, 0) is 18.8 Å². The van der Waals surface area contributed by atoms with Gasteiger partial charge in [0.2, 0.25) is 0 Å². The van der Waals surface area contributed by atoms with Gasteiger partial charge in [-0.1, -0.05) is 0 Å². The average molecular weight is 290 g/mol. The van der Waals surface area contributed by atoms with Crippen molar-refractivity contribution in [3.8, 4) is 0 Å². The zero-order valence-electron chi connectivity index (χ0n) is 10.8. The van der Waals surface area contributed by atoms with E-state index in [1.54, 1.807) is 11.7 Å². The summed E-state index contributed by atoms with van der Waals surface area (Å²) in [6.07, 6.45) is 2.27. The highest BCUT2D eigenvalue weighted by Crippen LogP contribution is 2.24. The van der Waals surface area contributed by atoms with Gasteiger partial charge >= 0.3 is 0 Å². The topological polar surface area (TPSA) is 82.7 Å². The van der Waals surface area contributed by atoms with Crippen LogP contribution in [0.2, 0.25) is 0 Å². The number of allylic oxidation sites excluding steroid dienone is 1. The molecular weight excluding hydrogens is 268 g/mol. The Morgan fingerprint density at radius 3 is 2.78 bits per heavy atom. The molecule has 0 amide bonds. The van der Waals surface area contributed by atoms with Gasteiger partial charge in [-0.2, -0.15) is 0 Å². The van der Waals surface area contributed by atoms with E-state index in [0.717, 1.165) is 16.3 Å². The summed E-state index contributed by atoms with van der Waals surface area (Å²) in [5.41, 5.74) is 7.43. The summed E-state index contributed by atoms with van der Waals surface area (Å²) >= 11 is 5.71. The minimum atomic E-state index is 0.152. The summed E-state index contributed by atoms with van der Waals surface area (Å²) in [4.78, 5) is 5.13. The van der Waals surface area contributed by atoms with Crippen LogP contribution in [0.1, 0.15) is 13.3 Å². The molecule has 104 valence electrons. The molecule has 0 fully saturated rings. The van der Waals surface area contributed by atoms with E-state index < -0.39 is 0 Å². The Kier molecular flexibility index (Phi) is 11.1. The maximum absolute atomic E-state index is 8.63. The molecule has 0 saturated carbocycles. The number of thioether (sulfide) groups is 1. The predicted octanol–water partition coefficient (Wildman–Crippen LogP) is 0.858. The fraction of sp³-hybridized carbons (Fsp3) is 0.545. The molecule has 0 heterocycles. The van der Waals surface area contributed by atoms with E-state index in [4.69, 9.17) is 10.8 Å². The number of hydrogen-bond donors (Lipinski definition) is 5. The quantitative estimate of drug-likeness (QED) is 0.109. The number of nitrogens with zero attached hydrogens (tertiary/aromatic N) is 1. The van der Waals surface area contributed by atoms with Gasteiger partial charge in [0.05, 0.1) is 16.9 Å². The third-order valence-corrected chi connectivity index (χ3v) is 3.31. The van der Waals surface area contributed by atoms with Crippen molar-refractivity contribution in [2.75, 3.05) is 26.1 Å². The third-order valence-electron chi connectivity index (χ3n) is 2.07. The maximum Gasteiger partial charge on any atom is 0.0868 e. The Labute approximate surface area is 118 Å². The molecule has 0 unspecified atom stereocenters. The van der Waals surface area contributed by atoms with Crippen LogP contribution in [0.5, 0.6) is 0 Å². The second kappa shape index (κ2) is 11.5. The molecular formula is C11H22N4OS2. The molecule has 18 heavy (non-hydrogen) atoms. The first-order chi connectivity index (χ1) is 8.71. The molecule has 0 aliphatic rings. The SMILES string of the molecule is CN/C(C)=C(SCN)/C(=C/S)NC=NCCCO. The van der Waals surface area contributed by atoms with E-state index in [1.807, 2.05) is 14.0 Å². The first-order valence-electron chi connectivity index (χ1n) is 5.63. The highest BCUT2D eigenvalue weighted by molar-refractivity contribution is 8.03. The van der Waals surface area contributed by atoms with Crippen molar-refractivity contribution in [2.45, 2.75) is 13.3 Å². The largest absolute Gasteiger partial charge is 0.396 e. The number of hydrogen-bond acceptors (Lipinski definition) is 6. The van der Waals surface area contributed by atoms with Gasteiger partial charge in [0.1, 0.15) is 0 Å². The highest BCUT2D eigenvalue weighted by atomic mass is 32.2. The maximum atomic E-state index is 8.63. The molecule has 0 bridgehead atoms. The first kappa shape index (κ1) is 17.4. The van der Waals surface area contributed by atoms with Crippen molar-refractivity contribution < 1.29 is 5.11 Å². The van der Waals surface area contributed by atoms with Crippen LogP contribution in [-0.4, -0.2) is 37.5 Å². The van der Waals surface area contributed by atoms with E-state index in [2.05, 4.69) is 28.3 Å². The van der Waals surface area contributed by atoms with Gasteiger partial charge in [-0.3, -0.25) is 4.99 Å². The lowest BCUT2D eigenvalue weighted by molar-refractivity contribution is 0.291. The van der Waals surface area contributed by atoms with Gasteiger partial charge in [-0.25, -0.2) is 0 Å². The summed E-state index contributed by atoms with van der Waals surface area (Å²) in [5, 5.41) is 16.5. The highest BCUT2D eigenvalue weighted by Gasteiger charge is 2.07. The van der Waals surface area contributed by atoms with Gasteiger partial charge in [0.15, 0.2) is 0 Å². The Balaban J connectivity index is 4.59. The lowest BCUT2D eigenvalue weighted by Gasteiger charge is -2.13. The van der Waals surface area contributed by atoms with Crippen molar-refractivity contribution in [2.24, 2.45) is 10.7 Å². The molecule has 0 aromatic heterocycles. The molecule has 0 atom stereocenters. The van der Waals surface area contributed by atoms with Crippen molar-refractivity contribution in [1.29, 1.82) is 0 Å². The van der Waals surface area contributed by atoms with Gasteiger partial charge in [-0.15, -0.1) is 24.4 Å². The molecule has 5 nitrogen and oxygen atoms in total. The van der Waals surface area contributed by atoms with Gasteiger partial charge in [0.25, 0.3) is 0 Å². The standard InChI is InChI=1S/C11H22N4OS2/c1-9(13-2)11(18-7-12)10(6-17)15-8-14-4-3-5-16/h6,8,13,16-17H,3-5,7,12H2,1-2H3,(H,14,15)/b10-6-,11-9-. The first-order valence-corrected chi connectivity index (χ1v) is 7.13. The molecule has 0 saturated heterocycles. The zero-order valence-corrected chi connectivity index (χ0v) is 12.5. The Morgan fingerprint density at radius 1 is 1.56 bits per heavy atom. The average Bonchev–Trinajstić information content (AvgIpc) is 2.40. The van der Waals surface area contributed by atoms with Crippen LogP contribution in [0.25, 0.3) is 0 Å². The number of thiol groups is 1. The molecule has 7 heteroatoms. The molecule has 0 aliphatic heterocycles. The van der Waals surface area contributed by atoms with Crippen LogP contribution in [0.4, 0.5) is 0 Å². The van der Waals surface area contributed by atoms with E-state index in [9.17, 15) is 0 Å². The Morgan fingerprint density at radius 2 is 2.28 bits per heavy atom. The van der Waals surface area contributed by atoms with Crippen LogP contribution in [0.15, 0.2) is 26.7 Å². The summed E-state index contributed by atoms with van der Waals surface area (Å²) in [5.74, 6) is 0.489. The van der Waals surface area contributed by atoms with Crippen LogP contribution >= 0.6 is 24.4 Å². The molecule has 0 aromatic carbocycles. The molecule has 0 aliphatic carbocycles. The lowest BCUT2D eigenvalue weighted by atomic mass is 10.3. The molecule has 0 spiro atoms. The fourth-order valence-electron chi connectivity index (χ4n) is 1.09. The Bertz CT molecular complexity index is 316. The van der Waals surface area contributed by atoms with E-state index in [-0.39, 0.29) is 6.61 Å². The number of aliphatic imine (C=N–C) groups is 1. The van der Waals surface area contributed by atoms with E-state index >= 15 is 0 Å². The second-order valence-electron chi connectivity index (χ2n) is 3.31. The van der Waals surface area contributed by atoms with Gasteiger partial charge < -0.3 is 21.5 Å². The van der Waals surface area contributed by atoms with E-state index in [1.165, 1.54) is 11.8 Å². The lowest BCUT2D eigenvalue weighted by Crippen LogP contribution is -2.16. The second-order valence-corrected chi connectivity index (χ2v) is 4.60. The normalized spacial score (nSPS) is 13.7. The minimum Gasteiger partial charge on any atom is -0.396 e.